The van der Waals surface area contributed by atoms with E-state index in [1.165, 1.54) is 12.4 Å². The molecule has 4 rings (SSSR count). The third kappa shape index (κ3) is 3.37. The molecule has 1 unspecified atom stereocenters. The summed E-state index contributed by atoms with van der Waals surface area (Å²) in [5.41, 5.74) is 1.22. The van der Waals surface area contributed by atoms with Crippen LogP contribution in [0.1, 0.15) is 22.7 Å². The lowest BCUT2D eigenvalue weighted by molar-refractivity contribution is 0.0780. The molecule has 126 valence electrons. The third-order valence-corrected chi connectivity index (χ3v) is 4.22. The van der Waals surface area contributed by atoms with Crippen LogP contribution in [0, 0.1) is 5.92 Å². The maximum absolute atomic E-state index is 12.4. The molecule has 1 amide bonds. The molecule has 0 radical (unpaired) electrons. The first-order chi connectivity index (χ1) is 12.3. The minimum atomic E-state index is -0.0822. The van der Waals surface area contributed by atoms with E-state index in [9.17, 15) is 4.79 Å². The summed E-state index contributed by atoms with van der Waals surface area (Å²) in [4.78, 5) is 30.6. The fourth-order valence-electron chi connectivity index (χ4n) is 2.96. The predicted molar refractivity (Wildman–Crippen MR) is 87.3 cm³/mol. The van der Waals surface area contributed by atoms with Crippen LogP contribution in [0.15, 0.2) is 47.6 Å². The molecule has 8 heteroatoms. The topological polar surface area (TPSA) is 97.9 Å². The summed E-state index contributed by atoms with van der Waals surface area (Å²) in [5, 5.41) is 4.05. The lowest BCUT2D eigenvalue weighted by atomic mass is 10.1. The van der Waals surface area contributed by atoms with Crippen LogP contribution in [-0.2, 0) is 6.42 Å². The fraction of sp³-hybridized carbons (Fsp3) is 0.294. The highest BCUT2D eigenvalue weighted by molar-refractivity contribution is 5.92. The van der Waals surface area contributed by atoms with Gasteiger partial charge in [0.2, 0.25) is 0 Å². The summed E-state index contributed by atoms with van der Waals surface area (Å²) >= 11 is 0. The number of rotatable bonds is 4. The Hall–Kier alpha value is -3.16. The van der Waals surface area contributed by atoms with Crippen molar-refractivity contribution in [1.29, 1.82) is 0 Å². The van der Waals surface area contributed by atoms with E-state index in [0.29, 0.717) is 42.8 Å². The number of amides is 1. The van der Waals surface area contributed by atoms with Crippen LogP contribution in [0.3, 0.4) is 0 Å². The highest BCUT2D eigenvalue weighted by Crippen LogP contribution is 2.22. The van der Waals surface area contributed by atoms with Gasteiger partial charge in [-0.05, 0) is 24.5 Å². The number of aromatic nitrogens is 5. The van der Waals surface area contributed by atoms with Crippen molar-refractivity contribution in [1.82, 2.24) is 30.0 Å². The number of carbonyl (C=O) groups is 1. The Morgan fingerprint density at radius 1 is 1.20 bits per heavy atom. The van der Waals surface area contributed by atoms with Crippen LogP contribution in [0.5, 0.6) is 0 Å². The molecule has 3 aromatic heterocycles. The van der Waals surface area contributed by atoms with Gasteiger partial charge in [0.05, 0.1) is 6.20 Å². The largest absolute Gasteiger partial charge is 0.337 e. The van der Waals surface area contributed by atoms with Gasteiger partial charge in [-0.15, -0.1) is 0 Å². The van der Waals surface area contributed by atoms with Crippen LogP contribution in [0.4, 0.5) is 0 Å². The molecule has 1 aliphatic rings. The second kappa shape index (κ2) is 6.76. The number of nitrogens with zero attached hydrogens (tertiary/aromatic N) is 6. The van der Waals surface area contributed by atoms with Crippen molar-refractivity contribution in [3.05, 3.63) is 54.6 Å². The Bertz CT molecular complexity index is 852. The van der Waals surface area contributed by atoms with Gasteiger partial charge in [-0.2, -0.15) is 4.98 Å². The Morgan fingerprint density at radius 3 is 2.88 bits per heavy atom. The van der Waals surface area contributed by atoms with Gasteiger partial charge in [-0.1, -0.05) is 5.16 Å². The molecule has 3 aromatic rings. The zero-order valence-electron chi connectivity index (χ0n) is 13.4. The maximum atomic E-state index is 12.4. The Morgan fingerprint density at radius 2 is 2.08 bits per heavy atom. The first-order valence-corrected chi connectivity index (χ1v) is 8.08. The van der Waals surface area contributed by atoms with Crippen molar-refractivity contribution < 1.29 is 9.32 Å². The van der Waals surface area contributed by atoms with Gasteiger partial charge >= 0.3 is 0 Å². The smallest absolute Gasteiger partial charge is 0.274 e. The number of likely N-dealkylation sites (tertiary alicyclic amines) is 1. The minimum Gasteiger partial charge on any atom is -0.337 e. The molecular formula is C17H16N6O2. The minimum absolute atomic E-state index is 0.0822. The van der Waals surface area contributed by atoms with Crippen molar-refractivity contribution in [2.75, 3.05) is 13.1 Å². The van der Waals surface area contributed by atoms with Gasteiger partial charge in [0.25, 0.3) is 11.8 Å². The van der Waals surface area contributed by atoms with Gasteiger partial charge in [0.15, 0.2) is 5.82 Å². The summed E-state index contributed by atoms with van der Waals surface area (Å²) in [5.74, 6) is 1.37. The Kier molecular flexibility index (Phi) is 4.16. The van der Waals surface area contributed by atoms with E-state index in [4.69, 9.17) is 4.52 Å². The third-order valence-electron chi connectivity index (χ3n) is 4.22. The standard InChI is InChI=1S/C17H16N6O2/c24-17(14-10-19-6-7-20-14)23-8-3-12(11-23)9-15-21-16(25-22-15)13-1-4-18-5-2-13/h1-2,4-7,10,12H,3,8-9,11H2. The van der Waals surface area contributed by atoms with Crippen molar-refractivity contribution in [2.45, 2.75) is 12.8 Å². The van der Waals surface area contributed by atoms with E-state index in [0.717, 1.165) is 12.0 Å². The van der Waals surface area contributed by atoms with Crippen LogP contribution >= 0.6 is 0 Å². The van der Waals surface area contributed by atoms with Crippen molar-refractivity contribution in [3.8, 4) is 11.5 Å². The van der Waals surface area contributed by atoms with E-state index >= 15 is 0 Å². The highest BCUT2D eigenvalue weighted by Gasteiger charge is 2.29. The van der Waals surface area contributed by atoms with Crippen LogP contribution in [0.2, 0.25) is 0 Å². The molecule has 0 saturated carbocycles. The summed E-state index contributed by atoms with van der Waals surface area (Å²) < 4.78 is 5.32. The molecule has 4 heterocycles. The summed E-state index contributed by atoms with van der Waals surface area (Å²) in [6.07, 6.45) is 9.54. The average molecular weight is 336 g/mol. The number of hydrogen-bond acceptors (Lipinski definition) is 7. The van der Waals surface area contributed by atoms with E-state index in [1.807, 2.05) is 12.1 Å². The molecule has 1 fully saturated rings. The summed E-state index contributed by atoms with van der Waals surface area (Å²) in [6.45, 7) is 1.36. The summed E-state index contributed by atoms with van der Waals surface area (Å²) in [6, 6.07) is 3.66. The van der Waals surface area contributed by atoms with E-state index < -0.39 is 0 Å². The van der Waals surface area contributed by atoms with Crippen molar-refractivity contribution >= 4 is 5.91 Å². The van der Waals surface area contributed by atoms with Crippen LogP contribution < -0.4 is 0 Å². The predicted octanol–water partition coefficient (Wildman–Crippen LogP) is 1.63. The molecule has 1 saturated heterocycles. The monoisotopic (exact) mass is 336 g/mol. The number of hydrogen-bond donors (Lipinski definition) is 0. The Labute approximate surface area is 143 Å². The molecule has 0 bridgehead atoms. The SMILES string of the molecule is O=C(c1cnccn1)N1CCC(Cc2noc(-c3ccncc3)n2)C1. The first kappa shape index (κ1) is 15.4. The van der Waals surface area contributed by atoms with Crippen molar-refractivity contribution in [2.24, 2.45) is 5.92 Å². The average Bonchev–Trinajstić information content (AvgIpc) is 3.33. The second-order valence-corrected chi connectivity index (χ2v) is 5.95. The maximum Gasteiger partial charge on any atom is 0.274 e. The van der Waals surface area contributed by atoms with Gasteiger partial charge in [0, 0.05) is 49.9 Å². The van der Waals surface area contributed by atoms with E-state index in [2.05, 4.69) is 25.1 Å². The van der Waals surface area contributed by atoms with E-state index in [1.54, 1.807) is 23.5 Å². The van der Waals surface area contributed by atoms with Crippen molar-refractivity contribution in [3.63, 3.8) is 0 Å². The molecule has 25 heavy (non-hydrogen) atoms. The lowest BCUT2D eigenvalue weighted by Gasteiger charge is -2.15. The number of carbonyl (C=O) groups excluding carboxylic acids is 1. The number of pyridine rings is 1. The van der Waals surface area contributed by atoms with Crippen LogP contribution in [0.25, 0.3) is 11.5 Å². The Balaban J connectivity index is 1.39. The molecule has 0 aromatic carbocycles. The normalized spacial score (nSPS) is 17.0. The van der Waals surface area contributed by atoms with E-state index in [-0.39, 0.29) is 5.91 Å². The molecular weight excluding hydrogens is 320 g/mol. The van der Waals surface area contributed by atoms with Gasteiger partial charge < -0.3 is 9.42 Å². The first-order valence-electron chi connectivity index (χ1n) is 8.08. The van der Waals surface area contributed by atoms with Crippen LogP contribution in [-0.4, -0.2) is 49.0 Å². The lowest BCUT2D eigenvalue weighted by Crippen LogP contribution is -2.29. The quantitative estimate of drug-likeness (QED) is 0.714. The zero-order valence-corrected chi connectivity index (χ0v) is 13.4. The molecule has 1 aliphatic heterocycles. The molecule has 0 aliphatic carbocycles. The highest BCUT2D eigenvalue weighted by atomic mass is 16.5. The fourth-order valence-corrected chi connectivity index (χ4v) is 2.96. The second-order valence-electron chi connectivity index (χ2n) is 5.95. The van der Waals surface area contributed by atoms with Gasteiger partial charge in [-0.25, -0.2) is 4.98 Å². The molecule has 0 N–H and O–H groups in total. The van der Waals surface area contributed by atoms with Gasteiger partial charge in [0.1, 0.15) is 5.69 Å². The molecule has 1 atom stereocenters. The molecule has 8 nitrogen and oxygen atoms in total. The van der Waals surface area contributed by atoms with Gasteiger partial charge in [-0.3, -0.25) is 14.8 Å². The summed E-state index contributed by atoms with van der Waals surface area (Å²) in [7, 11) is 0. The molecule has 0 spiro atoms. The zero-order chi connectivity index (χ0) is 17.1.